The Hall–Kier alpha value is -2.41. The molecule has 2 N–H and O–H groups in total. The van der Waals surface area contributed by atoms with Crippen LogP contribution < -0.4 is 5.32 Å². The maximum Gasteiger partial charge on any atom is 0.335 e. The van der Waals surface area contributed by atoms with Crippen LogP contribution in [-0.2, 0) is 11.3 Å². The number of rotatable bonds is 5. The first-order valence-corrected chi connectivity index (χ1v) is 6.11. The van der Waals surface area contributed by atoms with Crippen LogP contribution in [0.1, 0.15) is 16.8 Å². The van der Waals surface area contributed by atoms with Crippen LogP contribution in [0.4, 0.5) is 5.69 Å². The van der Waals surface area contributed by atoms with E-state index in [1.165, 1.54) is 29.1 Å². The van der Waals surface area contributed by atoms with Gasteiger partial charge in [0.2, 0.25) is 5.91 Å². The zero-order valence-electron chi connectivity index (χ0n) is 10.3. The Morgan fingerprint density at radius 1 is 1.40 bits per heavy atom. The van der Waals surface area contributed by atoms with Crippen molar-refractivity contribution in [2.45, 2.75) is 13.0 Å². The third kappa shape index (κ3) is 3.55. The van der Waals surface area contributed by atoms with Crippen molar-refractivity contribution in [2.75, 3.05) is 5.32 Å². The fraction of sp³-hybridized carbons (Fsp3) is 0.167. The Kier molecular flexibility index (Phi) is 4.31. The number of hydrogen-bond acceptors (Lipinski definition) is 4. The maximum absolute atomic E-state index is 11.7. The quantitative estimate of drug-likeness (QED) is 0.874. The lowest BCUT2D eigenvalue weighted by molar-refractivity contribution is -0.116. The molecule has 0 unspecified atom stereocenters. The van der Waals surface area contributed by atoms with Gasteiger partial charge in [-0.25, -0.2) is 4.79 Å². The van der Waals surface area contributed by atoms with Gasteiger partial charge in [-0.05, 0) is 18.2 Å². The van der Waals surface area contributed by atoms with Gasteiger partial charge < -0.3 is 10.4 Å². The summed E-state index contributed by atoms with van der Waals surface area (Å²) in [4.78, 5) is 22.5. The van der Waals surface area contributed by atoms with Gasteiger partial charge in [0.25, 0.3) is 0 Å². The molecule has 2 aromatic rings. The zero-order valence-corrected chi connectivity index (χ0v) is 11.0. The molecule has 0 spiro atoms. The predicted molar refractivity (Wildman–Crippen MR) is 71.7 cm³/mol. The van der Waals surface area contributed by atoms with E-state index in [0.29, 0.717) is 12.2 Å². The van der Waals surface area contributed by atoms with E-state index in [1.807, 2.05) is 0 Å². The largest absolute Gasteiger partial charge is 0.478 e. The summed E-state index contributed by atoms with van der Waals surface area (Å²) < 4.78 is 1.54. The van der Waals surface area contributed by atoms with Crippen LogP contribution >= 0.6 is 11.6 Å². The van der Waals surface area contributed by atoms with Crippen LogP contribution in [0, 0.1) is 0 Å². The van der Waals surface area contributed by atoms with Gasteiger partial charge in [-0.15, -0.1) is 5.10 Å². The maximum atomic E-state index is 11.7. The number of halogens is 1. The molecular weight excluding hydrogens is 284 g/mol. The molecule has 1 heterocycles. The summed E-state index contributed by atoms with van der Waals surface area (Å²) >= 11 is 5.91. The third-order valence-corrected chi connectivity index (χ3v) is 2.84. The molecule has 8 heteroatoms. The predicted octanol–water partition coefficient (Wildman–Crippen LogP) is 1.66. The number of aromatic carboxylic acids is 1. The van der Waals surface area contributed by atoms with Crippen molar-refractivity contribution in [1.29, 1.82) is 0 Å². The third-order valence-electron chi connectivity index (χ3n) is 2.53. The molecule has 0 aliphatic heterocycles. The Balaban J connectivity index is 1.95. The van der Waals surface area contributed by atoms with Gasteiger partial charge in [0.1, 0.15) is 0 Å². The van der Waals surface area contributed by atoms with Crippen molar-refractivity contribution in [3.63, 3.8) is 0 Å². The first-order valence-electron chi connectivity index (χ1n) is 5.73. The average molecular weight is 295 g/mol. The number of carbonyl (C=O) groups excluding carboxylic acids is 1. The van der Waals surface area contributed by atoms with E-state index in [2.05, 4.69) is 15.6 Å². The Morgan fingerprint density at radius 2 is 2.20 bits per heavy atom. The topological polar surface area (TPSA) is 97.1 Å². The Labute approximate surface area is 119 Å². The normalized spacial score (nSPS) is 10.2. The van der Waals surface area contributed by atoms with Crippen LogP contribution in [0.15, 0.2) is 30.6 Å². The molecule has 0 bridgehead atoms. The molecule has 7 nitrogen and oxygen atoms in total. The van der Waals surface area contributed by atoms with Crippen molar-refractivity contribution in [1.82, 2.24) is 15.0 Å². The van der Waals surface area contributed by atoms with Crippen LogP contribution in [-0.4, -0.2) is 32.0 Å². The molecule has 1 aromatic heterocycles. The first-order chi connectivity index (χ1) is 9.56. The number of aryl methyl sites for hydroxylation is 1. The molecule has 1 aromatic carbocycles. The monoisotopic (exact) mass is 294 g/mol. The second-order valence-electron chi connectivity index (χ2n) is 3.96. The van der Waals surface area contributed by atoms with Crippen LogP contribution in [0.3, 0.4) is 0 Å². The number of anilines is 1. The molecule has 104 valence electrons. The fourth-order valence-corrected chi connectivity index (χ4v) is 1.76. The summed E-state index contributed by atoms with van der Waals surface area (Å²) in [5.74, 6) is -1.32. The second-order valence-corrected chi connectivity index (χ2v) is 4.37. The van der Waals surface area contributed by atoms with E-state index in [9.17, 15) is 9.59 Å². The minimum atomic E-state index is -1.07. The van der Waals surface area contributed by atoms with E-state index in [1.54, 1.807) is 6.20 Å². The second kappa shape index (κ2) is 6.16. The highest BCUT2D eigenvalue weighted by Crippen LogP contribution is 2.23. The minimum absolute atomic E-state index is 0.0654. The summed E-state index contributed by atoms with van der Waals surface area (Å²) in [5, 5.41) is 19.0. The molecule has 20 heavy (non-hydrogen) atoms. The van der Waals surface area contributed by atoms with Crippen molar-refractivity contribution < 1.29 is 14.7 Å². The number of nitrogens with one attached hydrogen (secondary N) is 1. The van der Waals surface area contributed by atoms with Gasteiger partial charge in [-0.1, -0.05) is 16.8 Å². The van der Waals surface area contributed by atoms with Gasteiger partial charge in [0.05, 0.1) is 29.0 Å². The molecule has 0 aliphatic carbocycles. The highest BCUT2D eigenvalue weighted by Gasteiger charge is 2.09. The Bertz CT molecular complexity index is 628. The van der Waals surface area contributed by atoms with E-state index < -0.39 is 5.97 Å². The van der Waals surface area contributed by atoms with Gasteiger partial charge in [0.15, 0.2) is 0 Å². The number of amides is 1. The molecule has 0 atom stereocenters. The van der Waals surface area contributed by atoms with Gasteiger partial charge in [-0.2, -0.15) is 0 Å². The van der Waals surface area contributed by atoms with E-state index in [0.717, 1.165) is 0 Å². The first kappa shape index (κ1) is 14.0. The molecule has 0 fully saturated rings. The fourth-order valence-electron chi connectivity index (χ4n) is 1.53. The summed E-state index contributed by atoms with van der Waals surface area (Å²) in [6, 6.07) is 4.12. The number of hydrogen-bond donors (Lipinski definition) is 2. The zero-order chi connectivity index (χ0) is 14.5. The summed E-state index contributed by atoms with van der Waals surface area (Å²) in [6.07, 6.45) is 3.39. The molecule has 0 saturated carbocycles. The van der Waals surface area contributed by atoms with Crippen LogP contribution in [0.2, 0.25) is 5.02 Å². The molecule has 0 saturated heterocycles. The number of aromatic nitrogens is 3. The molecule has 0 radical (unpaired) electrons. The highest BCUT2D eigenvalue weighted by atomic mass is 35.5. The lowest BCUT2D eigenvalue weighted by atomic mass is 10.2. The van der Waals surface area contributed by atoms with E-state index in [4.69, 9.17) is 16.7 Å². The van der Waals surface area contributed by atoms with Gasteiger partial charge in [-0.3, -0.25) is 9.48 Å². The van der Waals surface area contributed by atoms with Crippen molar-refractivity contribution in [3.8, 4) is 0 Å². The van der Waals surface area contributed by atoms with Gasteiger partial charge in [0, 0.05) is 12.6 Å². The minimum Gasteiger partial charge on any atom is -0.478 e. The van der Waals surface area contributed by atoms with E-state index in [-0.39, 0.29) is 22.9 Å². The van der Waals surface area contributed by atoms with Gasteiger partial charge >= 0.3 is 5.97 Å². The SMILES string of the molecule is O=C(CCn1ccnn1)Nc1ccc(C(=O)O)cc1Cl. The standard InChI is InChI=1S/C12H11ClN4O3/c13-9-7-8(12(19)20)1-2-10(9)15-11(18)3-5-17-6-4-14-16-17/h1-2,4,6-7H,3,5H2,(H,15,18)(H,19,20). The number of benzene rings is 1. The summed E-state index contributed by atoms with van der Waals surface area (Å²) in [6.45, 7) is 0.399. The number of carbonyl (C=O) groups is 2. The summed E-state index contributed by atoms with van der Waals surface area (Å²) in [7, 11) is 0. The highest BCUT2D eigenvalue weighted by molar-refractivity contribution is 6.34. The number of carboxylic acids is 1. The molecular formula is C12H11ClN4O3. The van der Waals surface area contributed by atoms with Crippen molar-refractivity contribution in [3.05, 3.63) is 41.2 Å². The average Bonchev–Trinajstić information content (AvgIpc) is 2.91. The Morgan fingerprint density at radius 3 is 2.80 bits per heavy atom. The van der Waals surface area contributed by atoms with Crippen LogP contribution in [0.5, 0.6) is 0 Å². The lowest BCUT2D eigenvalue weighted by Crippen LogP contribution is -2.15. The smallest absolute Gasteiger partial charge is 0.335 e. The molecule has 2 rings (SSSR count). The van der Waals surface area contributed by atoms with E-state index >= 15 is 0 Å². The van der Waals surface area contributed by atoms with Crippen molar-refractivity contribution in [2.24, 2.45) is 0 Å². The summed E-state index contributed by atoms with van der Waals surface area (Å²) in [5.41, 5.74) is 0.441. The molecule has 1 amide bonds. The number of carboxylic acid groups (broad SMARTS) is 1. The number of nitrogens with zero attached hydrogens (tertiary/aromatic N) is 3. The van der Waals surface area contributed by atoms with Crippen molar-refractivity contribution >= 4 is 29.2 Å². The van der Waals surface area contributed by atoms with Crippen LogP contribution in [0.25, 0.3) is 0 Å². The molecule has 0 aliphatic rings. The lowest BCUT2D eigenvalue weighted by Gasteiger charge is -2.07.